The Hall–Kier alpha value is -3.82. The first-order valence-electron chi connectivity index (χ1n) is 10.5. The van der Waals surface area contributed by atoms with Gasteiger partial charge < -0.3 is 19.1 Å². The van der Waals surface area contributed by atoms with Gasteiger partial charge in [-0.05, 0) is 18.2 Å². The van der Waals surface area contributed by atoms with Crippen LogP contribution in [0.4, 0.5) is 14.6 Å². The van der Waals surface area contributed by atoms with Gasteiger partial charge in [-0.1, -0.05) is 12.1 Å². The van der Waals surface area contributed by atoms with Gasteiger partial charge in [0.25, 0.3) is 6.43 Å². The zero-order valence-electron chi connectivity index (χ0n) is 17.8. The van der Waals surface area contributed by atoms with Crippen LogP contribution in [0.3, 0.4) is 0 Å². The standard InChI is InChI=1S/C23H21F2N5O3/c1-31-19-9-18-15(8-20(19)32-12-21(24)25)23(28-13-27-18)30-7-6-14(11-30)33-22-10-26-16-4-2-3-5-17(16)29-22/h2-5,8-10,13-14,21H,6-7,11-12H2,1H3. The van der Waals surface area contributed by atoms with Crippen LogP contribution in [-0.4, -0.2) is 59.3 Å². The quantitative estimate of drug-likeness (QED) is 0.417. The van der Waals surface area contributed by atoms with Gasteiger partial charge in [-0.3, -0.25) is 0 Å². The molecular weight excluding hydrogens is 432 g/mol. The maximum absolute atomic E-state index is 12.7. The summed E-state index contributed by atoms with van der Waals surface area (Å²) in [6.07, 6.45) is 1.18. The molecule has 0 radical (unpaired) electrons. The van der Waals surface area contributed by atoms with Crippen molar-refractivity contribution in [1.82, 2.24) is 19.9 Å². The summed E-state index contributed by atoms with van der Waals surface area (Å²) in [5, 5.41) is 0.689. The molecule has 1 unspecified atom stereocenters. The van der Waals surface area contributed by atoms with Crippen molar-refractivity contribution >= 4 is 27.8 Å². The molecule has 5 rings (SSSR count). The van der Waals surface area contributed by atoms with Crippen LogP contribution in [0.2, 0.25) is 0 Å². The van der Waals surface area contributed by atoms with Crippen LogP contribution >= 0.6 is 0 Å². The van der Waals surface area contributed by atoms with E-state index in [0.717, 1.165) is 17.5 Å². The second kappa shape index (κ2) is 8.97. The fraction of sp³-hybridized carbons (Fsp3) is 0.304. The van der Waals surface area contributed by atoms with Crippen LogP contribution in [0, 0.1) is 0 Å². The topological polar surface area (TPSA) is 82.5 Å². The summed E-state index contributed by atoms with van der Waals surface area (Å²) in [6.45, 7) is 0.564. The van der Waals surface area contributed by atoms with Gasteiger partial charge >= 0.3 is 0 Å². The van der Waals surface area contributed by atoms with Crippen molar-refractivity contribution in [2.75, 3.05) is 31.7 Å². The Morgan fingerprint density at radius 1 is 1.06 bits per heavy atom. The van der Waals surface area contributed by atoms with Crippen LogP contribution < -0.4 is 19.1 Å². The molecule has 8 nitrogen and oxygen atoms in total. The Kier molecular flexibility index (Phi) is 5.72. The van der Waals surface area contributed by atoms with Gasteiger partial charge in [0.1, 0.15) is 24.9 Å². The van der Waals surface area contributed by atoms with Crippen LogP contribution in [0.1, 0.15) is 6.42 Å². The minimum Gasteiger partial charge on any atom is -0.493 e. The molecule has 3 heterocycles. The molecule has 10 heteroatoms. The van der Waals surface area contributed by atoms with E-state index in [1.165, 1.54) is 13.4 Å². The number of hydrogen-bond acceptors (Lipinski definition) is 8. The third-order valence-electron chi connectivity index (χ3n) is 5.42. The zero-order valence-corrected chi connectivity index (χ0v) is 17.8. The highest BCUT2D eigenvalue weighted by Gasteiger charge is 2.27. The van der Waals surface area contributed by atoms with E-state index >= 15 is 0 Å². The predicted octanol–water partition coefficient (Wildman–Crippen LogP) is 3.88. The summed E-state index contributed by atoms with van der Waals surface area (Å²) in [6, 6.07) is 10.9. The fourth-order valence-corrected chi connectivity index (χ4v) is 3.91. The number of methoxy groups -OCH3 is 1. The van der Waals surface area contributed by atoms with Crippen molar-refractivity contribution in [3.63, 3.8) is 0 Å². The van der Waals surface area contributed by atoms with E-state index in [1.54, 1.807) is 18.3 Å². The third kappa shape index (κ3) is 4.41. The summed E-state index contributed by atoms with van der Waals surface area (Å²) in [5.74, 6) is 1.71. The molecule has 1 aliphatic rings. The monoisotopic (exact) mass is 453 g/mol. The molecule has 1 fully saturated rings. The van der Waals surface area contributed by atoms with Crippen molar-refractivity contribution in [2.45, 2.75) is 19.0 Å². The van der Waals surface area contributed by atoms with Crippen molar-refractivity contribution < 1.29 is 23.0 Å². The Labute approximate surface area is 188 Å². The largest absolute Gasteiger partial charge is 0.493 e. The molecule has 2 aromatic carbocycles. The van der Waals surface area contributed by atoms with E-state index in [4.69, 9.17) is 14.2 Å². The fourth-order valence-electron chi connectivity index (χ4n) is 3.91. The molecule has 1 aliphatic heterocycles. The summed E-state index contributed by atoms with van der Waals surface area (Å²) < 4.78 is 42.0. The number of benzene rings is 2. The van der Waals surface area contributed by atoms with Gasteiger partial charge in [0.15, 0.2) is 11.5 Å². The predicted molar refractivity (Wildman–Crippen MR) is 118 cm³/mol. The van der Waals surface area contributed by atoms with Gasteiger partial charge in [-0.15, -0.1) is 0 Å². The highest BCUT2D eigenvalue weighted by atomic mass is 19.3. The molecule has 1 saturated heterocycles. The molecule has 33 heavy (non-hydrogen) atoms. The number of halogens is 2. The maximum atomic E-state index is 12.7. The van der Waals surface area contributed by atoms with Crippen molar-refractivity contribution in [3.8, 4) is 17.4 Å². The molecule has 0 bridgehead atoms. The molecule has 170 valence electrons. The average Bonchev–Trinajstić information content (AvgIpc) is 3.29. The molecule has 0 aliphatic carbocycles. The summed E-state index contributed by atoms with van der Waals surface area (Å²) in [4.78, 5) is 19.8. The van der Waals surface area contributed by atoms with Crippen LogP contribution in [0.5, 0.6) is 17.4 Å². The molecule has 0 spiro atoms. The molecule has 0 N–H and O–H groups in total. The third-order valence-corrected chi connectivity index (χ3v) is 5.42. The summed E-state index contributed by atoms with van der Waals surface area (Å²) in [7, 11) is 1.45. The van der Waals surface area contributed by atoms with Gasteiger partial charge in [-0.2, -0.15) is 0 Å². The first-order chi connectivity index (χ1) is 16.1. The highest BCUT2D eigenvalue weighted by molar-refractivity contribution is 5.92. The van der Waals surface area contributed by atoms with Gasteiger partial charge in [0, 0.05) is 24.4 Å². The molecular formula is C23H21F2N5O3. The van der Waals surface area contributed by atoms with Crippen LogP contribution in [0.15, 0.2) is 48.9 Å². The zero-order chi connectivity index (χ0) is 22.8. The Balaban J connectivity index is 1.37. The lowest BCUT2D eigenvalue weighted by Crippen LogP contribution is -2.25. The number of nitrogens with zero attached hydrogens (tertiary/aromatic N) is 5. The number of aromatic nitrogens is 4. The summed E-state index contributed by atoms with van der Waals surface area (Å²) >= 11 is 0. The minimum atomic E-state index is -2.59. The lowest BCUT2D eigenvalue weighted by molar-refractivity contribution is 0.0805. The first kappa shape index (κ1) is 21.0. The molecule has 4 aromatic rings. The van der Waals surface area contributed by atoms with Crippen molar-refractivity contribution in [2.24, 2.45) is 0 Å². The maximum Gasteiger partial charge on any atom is 0.272 e. The molecule has 2 aromatic heterocycles. The molecule has 0 saturated carbocycles. The number of hydrogen-bond donors (Lipinski definition) is 0. The van der Waals surface area contributed by atoms with Gasteiger partial charge in [0.05, 0.1) is 36.4 Å². The van der Waals surface area contributed by atoms with Crippen molar-refractivity contribution in [3.05, 3.63) is 48.9 Å². The number of fused-ring (bicyclic) bond motifs is 2. The average molecular weight is 453 g/mol. The molecule has 0 amide bonds. The van der Waals surface area contributed by atoms with Gasteiger partial charge in [-0.25, -0.2) is 28.7 Å². The van der Waals surface area contributed by atoms with E-state index in [0.29, 0.717) is 41.4 Å². The molecule has 1 atom stereocenters. The summed E-state index contributed by atoms with van der Waals surface area (Å²) in [5.41, 5.74) is 2.22. The number of ether oxygens (including phenoxy) is 3. The smallest absolute Gasteiger partial charge is 0.272 e. The van der Waals surface area contributed by atoms with E-state index in [1.807, 2.05) is 24.3 Å². The SMILES string of the molecule is COc1cc2ncnc(N3CCC(Oc4cnc5ccccc5n4)C3)c2cc1OCC(F)F. The first-order valence-corrected chi connectivity index (χ1v) is 10.5. The second-order valence-electron chi connectivity index (χ2n) is 7.59. The van der Waals surface area contributed by atoms with E-state index in [2.05, 4.69) is 24.8 Å². The van der Waals surface area contributed by atoms with E-state index in [9.17, 15) is 8.78 Å². The van der Waals surface area contributed by atoms with E-state index < -0.39 is 13.0 Å². The normalized spacial score (nSPS) is 16.0. The minimum absolute atomic E-state index is 0.0988. The number of anilines is 1. The highest BCUT2D eigenvalue weighted by Crippen LogP contribution is 2.36. The lowest BCUT2D eigenvalue weighted by atomic mass is 10.2. The lowest BCUT2D eigenvalue weighted by Gasteiger charge is -2.20. The van der Waals surface area contributed by atoms with Crippen LogP contribution in [-0.2, 0) is 0 Å². The Morgan fingerprint density at radius 2 is 1.91 bits per heavy atom. The van der Waals surface area contributed by atoms with Crippen molar-refractivity contribution in [1.29, 1.82) is 0 Å². The number of rotatable bonds is 7. The van der Waals surface area contributed by atoms with Gasteiger partial charge in [0.2, 0.25) is 5.88 Å². The number of para-hydroxylation sites is 2. The van der Waals surface area contributed by atoms with E-state index in [-0.39, 0.29) is 11.9 Å². The number of alkyl halides is 2. The Morgan fingerprint density at radius 3 is 2.73 bits per heavy atom. The Bertz CT molecular complexity index is 1290. The second-order valence-corrected chi connectivity index (χ2v) is 7.59. The van der Waals surface area contributed by atoms with Crippen LogP contribution in [0.25, 0.3) is 21.9 Å².